The number of hydrogen-bond donors (Lipinski definition) is 1. The molecule has 0 radical (unpaired) electrons. The molecule has 7 heteroatoms. The number of thioether (sulfide) groups is 1. The van der Waals surface area contributed by atoms with Crippen LogP contribution in [0.4, 0.5) is 5.69 Å². The van der Waals surface area contributed by atoms with E-state index in [0.717, 1.165) is 11.8 Å². The van der Waals surface area contributed by atoms with Crippen molar-refractivity contribution in [3.05, 3.63) is 40.6 Å². The Morgan fingerprint density at radius 1 is 1.44 bits per heavy atom. The van der Waals surface area contributed by atoms with Crippen molar-refractivity contribution in [2.45, 2.75) is 4.90 Å². The molecule has 0 fully saturated rings. The molecule has 2 aromatic rings. The fourth-order valence-electron chi connectivity index (χ4n) is 1.56. The molecule has 0 saturated carbocycles. The van der Waals surface area contributed by atoms with Gasteiger partial charge in [0.1, 0.15) is 0 Å². The number of hydrogen-bond acceptors (Lipinski definition) is 5. The summed E-state index contributed by atoms with van der Waals surface area (Å²) in [4.78, 5) is 25.5. The second kappa shape index (κ2) is 5.01. The largest absolute Gasteiger partial charge is 0.481 e. The molecule has 0 unspecified atom stereocenters. The van der Waals surface area contributed by atoms with E-state index in [1.54, 1.807) is 24.4 Å². The molecule has 1 N–H and O–H groups in total. The quantitative estimate of drug-likeness (QED) is 0.517. The molecule has 1 aromatic heterocycles. The molecule has 0 aliphatic carbocycles. The number of aromatic nitrogens is 1. The average molecular weight is 264 g/mol. The summed E-state index contributed by atoms with van der Waals surface area (Å²) >= 11 is 0.929. The number of carbonyl (C=O) groups is 1. The summed E-state index contributed by atoms with van der Waals surface area (Å²) in [5.41, 5.74) is 0.427. The van der Waals surface area contributed by atoms with Gasteiger partial charge in [0.2, 0.25) is 0 Å². The zero-order valence-corrected chi connectivity index (χ0v) is 9.88. The van der Waals surface area contributed by atoms with Gasteiger partial charge in [-0.2, -0.15) is 0 Å². The normalized spacial score (nSPS) is 10.4. The summed E-state index contributed by atoms with van der Waals surface area (Å²) < 4.78 is 0. The van der Waals surface area contributed by atoms with E-state index >= 15 is 0 Å². The predicted octanol–water partition coefficient (Wildman–Crippen LogP) is 2.32. The SMILES string of the molecule is O=C(O)CSc1ccc2ncccc2c1[N+](=O)[O-]. The lowest BCUT2D eigenvalue weighted by Crippen LogP contribution is -1.99. The molecule has 1 aromatic carbocycles. The van der Waals surface area contributed by atoms with Crippen LogP contribution in [0.25, 0.3) is 10.9 Å². The van der Waals surface area contributed by atoms with Crippen LogP contribution in [-0.2, 0) is 4.79 Å². The minimum absolute atomic E-state index is 0.0909. The molecule has 0 aliphatic rings. The molecule has 0 amide bonds. The standard InChI is InChI=1S/C11H8N2O4S/c14-10(15)6-18-9-4-3-8-7(2-1-5-12-8)11(9)13(16)17/h1-5H,6H2,(H,14,15). The Labute approximate surface area is 106 Å². The molecule has 6 nitrogen and oxygen atoms in total. The highest BCUT2D eigenvalue weighted by atomic mass is 32.2. The summed E-state index contributed by atoms with van der Waals surface area (Å²) in [6, 6.07) is 6.39. The Balaban J connectivity index is 2.55. The zero-order chi connectivity index (χ0) is 13.1. The molecule has 18 heavy (non-hydrogen) atoms. The van der Waals surface area contributed by atoms with Crippen molar-refractivity contribution in [1.82, 2.24) is 4.98 Å². The van der Waals surface area contributed by atoms with E-state index in [9.17, 15) is 14.9 Å². The van der Waals surface area contributed by atoms with Crippen LogP contribution in [0.15, 0.2) is 35.4 Å². The van der Waals surface area contributed by atoms with E-state index in [2.05, 4.69) is 4.98 Å². The molecule has 0 bridgehead atoms. The van der Waals surface area contributed by atoms with Crippen molar-refractivity contribution in [3.63, 3.8) is 0 Å². The van der Waals surface area contributed by atoms with Gasteiger partial charge in [-0.1, -0.05) is 0 Å². The van der Waals surface area contributed by atoms with E-state index in [0.29, 0.717) is 15.8 Å². The highest BCUT2D eigenvalue weighted by Crippen LogP contribution is 2.35. The fraction of sp³-hybridized carbons (Fsp3) is 0.0909. The minimum Gasteiger partial charge on any atom is -0.481 e. The smallest absolute Gasteiger partial charge is 0.313 e. The van der Waals surface area contributed by atoms with Crippen molar-refractivity contribution in [2.24, 2.45) is 0 Å². The minimum atomic E-state index is -1.01. The first kappa shape index (κ1) is 12.3. The van der Waals surface area contributed by atoms with Crippen LogP contribution in [0.3, 0.4) is 0 Å². The maximum atomic E-state index is 11.1. The number of pyridine rings is 1. The van der Waals surface area contributed by atoms with Crippen LogP contribution in [0.2, 0.25) is 0 Å². The van der Waals surface area contributed by atoms with E-state index in [1.807, 2.05) is 0 Å². The third-order valence-corrected chi connectivity index (χ3v) is 3.29. The van der Waals surface area contributed by atoms with Crippen LogP contribution in [0.1, 0.15) is 0 Å². The molecular weight excluding hydrogens is 256 g/mol. The van der Waals surface area contributed by atoms with Gasteiger partial charge >= 0.3 is 5.97 Å². The first-order chi connectivity index (χ1) is 8.59. The van der Waals surface area contributed by atoms with Crippen molar-refractivity contribution < 1.29 is 14.8 Å². The maximum absolute atomic E-state index is 11.1. The van der Waals surface area contributed by atoms with E-state index in [4.69, 9.17) is 5.11 Å². The van der Waals surface area contributed by atoms with Gasteiger partial charge in [-0.3, -0.25) is 19.9 Å². The van der Waals surface area contributed by atoms with Crippen molar-refractivity contribution in [1.29, 1.82) is 0 Å². The van der Waals surface area contributed by atoms with Crippen LogP contribution in [-0.4, -0.2) is 26.7 Å². The molecular formula is C11H8N2O4S. The number of carboxylic acids is 1. The third kappa shape index (κ3) is 2.40. The highest BCUT2D eigenvalue weighted by Gasteiger charge is 2.19. The number of aliphatic carboxylic acids is 1. The zero-order valence-electron chi connectivity index (χ0n) is 9.07. The van der Waals surface area contributed by atoms with Crippen molar-refractivity contribution in [2.75, 3.05) is 5.75 Å². The summed E-state index contributed by atoms with van der Waals surface area (Å²) in [6.07, 6.45) is 1.55. The average Bonchev–Trinajstić information content (AvgIpc) is 2.35. The van der Waals surface area contributed by atoms with Gasteiger partial charge in [-0.25, -0.2) is 0 Å². The molecule has 0 saturated heterocycles. The number of carboxylic acid groups (broad SMARTS) is 1. The molecule has 0 aliphatic heterocycles. The van der Waals surface area contributed by atoms with Gasteiger partial charge in [0, 0.05) is 6.20 Å². The number of nitrogens with zero attached hydrogens (tertiary/aromatic N) is 2. The maximum Gasteiger partial charge on any atom is 0.313 e. The number of nitro groups is 1. The summed E-state index contributed by atoms with van der Waals surface area (Å²) in [5.74, 6) is -1.23. The van der Waals surface area contributed by atoms with Gasteiger partial charge < -0.3 is 5.11 Å². The molecule has 0 atom stereocenters. The second-order valence-electron chi connectivity index (χ2n) is 3.42. The van der Waals surface area contributed by atoms with Crippen LogP contribution < -0.4 is 0 Å². The number of fused-ring (bicyclic) bond motifs is 1. The van der Waals surface area contributed by atoms with Crippen LogP contribution in [0.5, 0.6) is 0 Å². The monoisotopic (exact) mass is 264 g/mol. The van der Waals surface area contributed by atoms with Crippen molar-refractivity contribution >= 4 is 34.3 Å². The Morgan fingerprint density at radius 3 is 2.89 bits per heavy atom. The summed E-state index contributed by atoms with van der Waals surface area (Å²) in [7, 11) is 0. The number of nitro benzene ring substituents is 1. The fourth-order valence-corrected chi connectivity index (χ4v) is 2.33. The highest BCUT2D eigenvalue weighted by molar-refractivity contribution is 8.00. The van der Waals surface area contributed by atoms with Gasteiger partial charge in [-0.15, -0.1) is 11.8 Å². The Kier molecular flexibility index (Phi) is 3.42. The molecule has 2 rings (SSSR count). The molecule has 0 spiro atoms. The van der Waals surface area contributed by atoms with Crippen LogP contribution >= 0.6 is 11.8 Å². The lowest BCUT2D eigenvalue weighted by atomic mass is 10.2. The Bertz CT molecular complexity index is 629. The van der Waals surface area contributed by atoms with Gasteiger partial charge in [0.05, 0.1) is 26.5 Å². The Morgan fingerprint density at radius 2 is 2.22 bits per heavy atom. The molecule has 1 heterocycles. The van der Waals surface area contributed by atoms with Gasteiger partial charge in [-0.05, 0) is 24.3 Å². The lowest BCUT2D eigenvalue weighted by Gasteiger charge is -2.04. The van der Waals surface area contributed by atoms with Crippen molar-refractivity contribution in [3.8, 4) is 0 Å². The second-order valence-corrected chi connectivity index (χ2v) is 4.44. The predicted molar refractivity (Wildman–Crippen MR) is 66.8 cm³/mol. The summed E-state index contributed by atoms with van der Waals surface area (Å²) in [6.45, 7) is 0. The summed E-state index contributed by atoms with van der Waals surface area (Å²) in [5, 5.41) is 20.1. The van der Waals surface area contributed by atoms with Crippen LogP contribution in [0, 0.1) is 10.1 Å². The third-order valence-electron chi connectivity index (χ3n) is 2.25. The molecule has 92 valence electrons. The Hall–Kier alpha value is -2.15. The van der Waals surface area contributed by atoms with E-state index in [-0.39, 0.29) is 11.4 Å². The number of benzene rings is 1. The van der Waals surface area contributed by atoms with E-state index < -0.39 is 10.9 Å². The first-order valence-electron chi connectivity index (χ1n) is 4.96. The first-order valence-corrected chi connectivity index (χ1v) is 5.95. The number of rotatable bonds is 4. The topological polar surface area (TPSA) is 93.3 Å². The van der Waals surface area contributed by atoms with E-state index in [1.165, 1.54) is 6.07 Å². The lowest BCUT2D eigenvalue weighted by molar-refractivity contribution is -0.385. The van der Waals surface area contributed by atoms with Gasteiger partial charge in [0.25, 0.3) is 5.69 Å². The van der Waals surface area contributed by atoms with Gasteiger partial charge in [0.15, 0.2) is 0 Å².